The Kier molecular flexibility index (Phi) is 8.43. The molecule has 0 saturated heterocycles. The van der Waals surface area contributed by atoms with E-state index in [9.17, 15) is 0 Å². The van der Waals surface area contributed by atoms with Gasteiger partial charge in [0.1, 0.15) is 0 Å². The van der Waals surface area contributed by atoms with E-state index in [4.69, 9.17) is 0 Å². The molecule has 0 aromatic carbocycles. The third kappa shape index (κ3) is 6.38. The fourth-order valence-electron chi connectivity index (χ4n) is 3.05. The van der Waals surface area contributed by atoms with Gasteiger partial charge in [-0.15, -0.1) is 0 Å². The number of rotatable bonds is 12. The van der Waals surface area contributed by atoms with E-state index in [1.807, 2.05) is 12.4 Å². The van der Waals surface area contributed by atoms with Crippen molar-refractivity contribution >= 4 is 5.71 Å². The standard InChI is InChI=1S/C21H33N3/c1-3-4-5-6-7-8-9-10-11-13-22-17-19-12-14-23-21(19)20-15-18(2)16-24-20/h12,14-17,22,24H,3-11,13H2,1-2H3. The number of aromatic amines is 1. The Bertz CT molecular complexity index is 563. The van der Waals surface area contributed by atoms with Crippen LogP contribution < -0.4 is 5.32 Å². The fraction of sp³-hybridized carbons (Fsp3) is 0.571. The maximum Gasteiger partial charge on any atom is 0.0951 e. The summed E-state index contributed by atoms with van der Waals surface area (Å²) in [5.41, 5.74) is 4.52. The van der Waals surface area contributed by atoms with E-state index < -0.39 is 0 Å². The van der Waals surface area contributed by atoms with Gasteiger partial charge in [-0.05, 0) is 31.1 Å². The van der Waals surface area contributed by atoms with E-state index >= 15 is 0 Å². The van der Waals surface area contributed by atoms with Crippen molar-refractivity contribution in [2.45, 2.75) is 71.6 Å². The molecule has 1 aromatic heterocycles. The summed E-state index contributed by atoms with van der Waals surface area (Å²) in [6.45, 7) is 5.41. The molecule has 0 unspecified atom stereocenters. The molecule has 1 aliphatic rings. The van der Waals surface area contributed by atoms with Crippen LogP contribution in [-0.4, -0.2) is 17.2 Å². The Balaban J connectivity index is 1.56. The highest BCUT2D eigenvalue weighted by molar-refractivity contribution is 6.15. The lowest BCUT2D eigenvalue weighted by atomic mass is 10.1. The molecule has 0 amide bonds. The molecule has 0 atom stereocenters. The molecule has 2 N–H and O–H groups in total. The van der Waals surface area contributed by atoms with Crippen LogP contribution in [0.4, 0.5) is 0 Å². The number of nitrogens with zero attached hydrogens (tertiary/aromatic N) is 1. The Labute approximate surface area is 147 Å². The molecule has 1 aliphatic heterocycles. The zero-order valence-corrected chi connectivity index (χ0v) is 15.4. The summed E-state index contributed by atoms with van der Waals surface area (Å²) < 4.78 is 0. The van der Waals surface area contributed by atoms with Gasteiger partial charge in [-0.1, -0.05) is 58.3 Å². The Hall–Kier alpha value is -1.77. The molecule has 132 valence electrons. The molecule has 0 aliphatic carbocycles. The van der Waals surface area contributed by atoms with E-state index in [-0.39, 0.29) is 0 Å². The SMILES string of the molecule is CCCCCCCCCCCNC=C1C=CN=C1c1cc(C)c[nH]1. The van der Waals surface area contributed by atoms with Crippen LogP contribution in [0.15, 0.2) is 41.3 Å². The Morgan fingerprint density at radius 1 is 1.04 bits per heavy atom. The second-order valence-corrected chi connectivity index (χ2v) is 6.77. The first-order valence-electron chi connectivity index (χ1n) is 9.65. The van der Waals surface area contributed by atoms with Crippen molar-refractivity contribution in [2.75, 3.05) is 6.54 Å². The molecular formula is C21H33N3. The van der Waals surface area contributed by atoms with Crippen molar-refractivity contribution in [3.63, 3.8) is 0 Å². The summed E-state index contributed by atoms with van der Waals surface area (Å²) in [5.74, 6) is 0. The number of hydrogen-bond acceptors (Lipinski definition) is 2. The minimum Gasteiger partial charge on any atom is -0.390 e. The summed E-state index contributed by atoms with van der Waals surface area (Å²) in [4.78, 5) is 7.75. The average molecular weight is 328 g/mol. The van der Waals surface area contributed by atoms with Crippen molar-refractivity contribution in [2.24, 2.45) is 4.99 Å². The third-order valence-corrected chi connectivity index (χ3v) is 4.50. The molecule has 1 aromatic rings. The maximum atomic E-state index is 4.47. The van der Waals surface area contributed by atoms with E-state index in [1.165, 1.54) is 63.4 Å². The van der Waals surface area contributed by atoms with Crippen LogP contribution in [0.2, 0.25) is 0 Å². The molecule has 24 heavy (non-hydrogen) atoms. The van der Waals surface area contributed by atoms with E-state index in [0.717, 1.165) is 23.5 Å². The van der Waals surface area contributed by atoms with E-state index in [0.29, 0.717) is 0 Å². The molecule has 3 nitrogen and oxygen atoms in total. The largest absolute Gasteiger partial charge is 0.390 e. The summed E-state index contributed by atoms with van der Waals surface area (Å²) in [7, 11) is 0. The van der Waals surface area contributed by atoms with Crippen molar-refractivity contribution < 1.29 is 0 Å². The monoisotopic (exact) mass is 327 g/mol. The van der Waals surface area contributed by atoms with Gasteiger partial charge < -0.3 is 10.3 Å². The van der Waals surface area contributed by atoms with Gasteiger partial charge in [0.2, 0.25) is 0 Å². The van der Waals surface area contributed by atoms with Gasteiger partial charge in [0.15, 0.2) is 0 Å². The number of aryl methyl sites for hydroxylation is 1. The lowest BCUT2D eigenvalue weighted by Crippen LogP contribution is -2.11. The molecule has 0 spiro atoms. The van der Waals surface area contributed by atoms with Crippen LogP contribution in [-0.2, 0) is 0 Å². The Morgan fingerprint density at radius 3 is 2.42 bits per heavy atom. The van der Waals surface area contributed by atoms with Crippen molar-refractivity contribution in [1.82, 2.24) is 10.3 Å². The highest BCUT2D eigenvalue weighted by atomic mass is 14.8. The minimum absolute atomic E-state index is 1.03. The molecular weight excluding hydrogens is 294 g/mol. The lowest BCUT2D eigenvalue weighted by molar-refractivity contribution is 0.561. The molecule has 0 fully saturated rings. The number of aromatic nitrogens is 1. The number of aliphatic imine (C=N–C) groups is 1. The lowest BCUT2D eigenvalue weighted by Gasteiger charge is -2.05. The molecule has 2 rings (SSSR count). The van der Waals surface area contributed by atoms with Crippen LogP contribution in [0.5, 0.6) is 0 Å². The van der Waals surface area contributed by atoms with Gasteiger partial charge in [0, 0.05) is 30.7 Å². The van der Waals surface area contributed by atoms with Crippen LogP contribution >= 0.6 is 0 Å². The quantitative estimate of drug-likeness (QED) is 0.479. The topological polar surface area (TPSA) is 40.2 Å². The molecule has 0 radical (unpaired) electrons. The first-order chi connectivity index (χ1) is 11.8. The smallest absolute Gasteiger partial charge is 0.0951 e. The first kappa shape index (κ1) is 18.6. The number of hydrogen-bond donors (Lipinski definition) is 2. The number of unbranched alkanes of at least 4 members (excludes halogenated alkanes) is 8. The number of H-pyrrole nitrogens is 1. The number of nitrogens with one attached hydrogen (secondary N) is 2. The van der Waals surface area contributed by atoms with Gasteiger partial charge >= 0.3 is 0 Å². The van der Waals surface area contributed by atoms with Crippen LogP contribution in [0.3, 0.4) is 0 Å². The van der Waals surface area contributed by atoms with Crippen molar-refractivity contribution in [3.05, 3.63) is 47.6 Å². The van der Waals surface area contributed by atoms with E-state index in [2.05, 4.69) is 47.5 Å². The first-order valence-corrected chi connectivity index (χ1v) is 9.65. The summed E-state index contributed by atoms with van der Waals surface area (Å²) in [6, 6.07) is 2.14. The Morgan fingerprint density at radius 2 is 1.75 bits per heavy atom. The second-order valence-electron chi connectivity index (χ2n) is 6.77. The average Bonchev–Trinajstić information content (AvgIpc) is 3.21. The maximum absolute atomic E-state index is 4.47. The molecule has 2 heterocycles. The summed E-state index contributed by atoms with van der Waals surface area (Å²) in [5, 5.41) is 3.44. The van der Waals surface area contributed by atoms with Crippen LogP contribution in [0.1, 0.15) is 76.0 Å². The molecule has 3 heteroatoms. The predicted octanol–water partition coefficient (Wildman–Crippen LogP) is 5.64. The van der Waals surface area contributed by atoms with E-state index in [1.54, 1.807) is 0 Å². The van der Waals surface area contributed by atoms with Gasteiger partial charge in [-0.3, -0.25) is 4.99 Å². The highest BCUT2D eigenvalue weighted by Gasteiger charge is 2.12. The van der Waals surface area contributed by atoms with Crippen molar-refractivity contribution in [1.29, 1.82) is 0 Å². The van der Waals surface area contributed by atoms with Crippen molar-refractivity contribution in [3.8, 4) is 0 Å². The summed E-state index contributed by atoms with van der Waals surface area (Å²) >= 11 is 0. The summed E-state index contributed by atoms with van der Waals surface area (Å²) in [6.07, 6.45) is 20.4. The van der Waals surface area contributed by atoms with Crippen LogP contribution in [0, 0.1) is 6.92 Å². The molecule has 0 bridgehead atoms. The fourth-order valence-corrected chi connectivity index (χ4v) is 3.05. The molecule has 0 saturated carbocycles. The number of allylic oxidation sites excluding steroid dienone is 2. The van der Waals surface area contributed by atoms with Gasteiger partial charge in [0.25, 0.3) is 0 Å². The van der Waals surface area contributed by atoms with Gasteiger partial charge in [0.05, 0.1) is 11.4 Å². The third-order valence-electron chi connectivity index (χ3n) is 4.50. The van der Waals surface area contributed by atoms with Gasteiger partial charge in [-0.2, -0.15) is 0 Å². The normalized spacial score (nSPS) is 15.2. The zero-order chi connectivity index (χ0) is 17.0. The minimum atomic E-state index is 1.03. The predicted molar refractivity (Wildman–Crippen MR) is 105 cm³/mol. The van der Waals surface area contributed by atoms with Crippen LogP contribution in [0.25, 0.3) is 0 Å². The zero-order valence-electron chi connectivity index (χ0n) is 15.4. The second kappa shape index (κ2) is 10.9. The highest BCUT2D eigenvalue weighted by Crippen LogP contribution is 2.16. The van der Waals surface area contributed by atoms with Gasteiger partial charge in [-0.25, -0.2) is 0 Å².